The zero-order valence-electron chi connectivity index (χ0n) is 41.0. The Morgan fingerprint density at radius 1 is 0.547 bits per heavy atom. The fourth-order valence-electron chi connectivity index (χ4n) is 6.00. The Morgan fingerprint density at radius 2 is 0.953 bits per heavy atom. The summed E-state index contributed by atoms with van der Waals surface area (Å²) in [4.78, 5) is 23.1. The SMILES string of the molecule is CC/C=C\C/C=C\C/C=C\C/C=C\C/C=C\C/C=C\C/C=C\C/C=C\C/C=C\CCCC(=O)NC(COP(=O)(O)OCC[N+](C)(C)C)C(O)/C=C/CC/C=C/CCCCCCCCC. The quantitative estimate of drug-likeness (QED) is 0.0244. The molecule has 0 radical (unpaired) electrons. The van der Waals surface area contributed by atoms with Gasteiger partial charge in [-0.1, -0.05) is 186 Å². The number of unbranched alkanes of at least 4 members (excludes halogenated alkanes) is 9. The molecule has 0 aromatic heterocycles. The van der Waals surface area contributed by atoms with Crippen molar-refractivity contribution in [3.63, 3.8) is 0 Å². The summed E-state index contributed by atoms with van der Waals surface area (Å²) in [5, 5.41) is 13.8. The molecule has 0 aliphatic heterocycles. The number of nitrogens with zero attached hydrogens (tertiary/aromatic N) is 1. The molecule has 1 amide bonds. The highest BCUT2D eigenvalue weighted by Crippen LogP contribution is 2.43. The standard InChI is InChI=1S/C55H91N2O6P/c1-6-8-10-12-14-16-18-20-21-22-23-24-25-26-27-28-29-30-31-32-33-34-35-37-39-41-43-45-47-49-55(59)56-53(52-63-64(60,61)62-51-50-57(3,4)5)54(58)48-46-44-42-40-38-36-19-17-15-13-11-9-7-2/h8,10,14,16,20-21,23-24,26-27,29-30,32-33,35,37-38,40-41,43,46,48,53-54,58H,6-7,9,11-13,15,17-19,22,25,28,31,34,36,39,42,44-45,47,49-52H2,1-5H3,(H-,56,59,60,61)/p+1/b10-8-,16-14-,21-20-,24-23-,27-26-,30-29-,33-32-,37-35-,40-38+,43-41-,48-46+. The molecule has 64 heavy (non-hydrogen) atoms. The first-order valence-corrected chi connectivity index (χ1v) is 26.1. The van der Waals surface area contributed by atoms with Crippen LogP contribution < -0.4 is 5.32 Å². The summed E-state index contributed by atoms with van der Waals surface area (Å²) in [6, 6.07) is -0.903. The number of aliphatic hydroxyl groups excluding tert-OH is 1. The molecule has 362 valence electrons. The van der Waals surface area contributed by atoms with Gasteiger partial charge in [0.25, 0.3) is 0 Å². The normalized spacial score (nSPS) is 15.3. The Kier molecular flexibility index (Phi) is 42.5. The largest absolute Gasteiger partial charge is 0.472 e. The zero-order valence-corrected chi connectivity index (χ0v) is 41.9. The Labute approximate surface area is 392 Å². The minimum Gasteiger partial charge on any atom is -0.387 e. The van der Waals surface area contributed by atoms with Crippen molar-refractivity contribution in [1.82, 2.24) is 5.32 Å². The predicted molar refractivity (Wildman–Crippen MR) is 276 cm³/mol. The van der Waals surface area contributed by atoms with E-state index in [0.717, 1.165) is 83.5 Å². The molecule has 3 unspecified atom stereocenters. The number of phosphoric ester groups is 1. The molecule has 0 fully saturated rings. The summed E-state index contributed by atoms with van der Waals surface area (Å²) in [6.07, 6.45) is 68.3. The van der Waals surface area contributed by atoms with Gasteiger partial charge in [0.05, 0.1) is 39.9 Å². The van der Waals surface area contributed by atoms with Crippen molar-refractivity contribution in [1.29, 1.82) is 0 Å². The number of rotatable bonds is 42. The van der Waals surface area contributed by atoms with E-state index in [1.54, 1.807) is 6.08 Å². The molecule has 0 spiro atoms. The van der Waals surface area contributed by atoms with Crippen molar-refractivity contribution in [3.05, 3.63) is 134 Å². The molecular formula is C55H92N2O6P+. The number of phosphoric acid groups is 1. The monoisotopic (exact) mass is 908 g/mol. The topological polar surface area (TPSA) is 105 Å². The van der Waals surface area contributed by atoms with Crippen molar-refractivity contribution >= 4 is 13.7 Å². The van der Waals surface area contributed by atoms with E-state index < -0.39 is 20.0 Å². The molecule has 0 aliphatic rings. The molecule has 0 saturated carbocycles. The second-order valence-electron chi connectivity index (χ2n) is 17.1. The molecule has 0 aromatic carbocycles. The number of amides is 1. The van der Waals surface area contributed by atoms with Gasteiger partial charge in [0.2, 0.25) is 5.91 Å². The van der Waals surface area contributed by atoms with Crippen molar-refractivity contribution in [3.8, 4) is 0 Å². The Morgan fingerprint density at radius 3 is 1.44 bits per heavy atom. The van der Waals surface area contributed by atoms with E-state index in [1.165, 1.54) is 44.9 Å². The highest BCUT2D eigenvalue weighted by Gasteiger charge is 2.27. The highest BCUT2D eigenvalue weighted by atomic mass is 31.2. The lowest BCUT2D eigenvalue weighted by molar-refractivity contribution is -0.870. The molecular weight excluding hydrogens is 816 g/mol. The van der Waals surface area contributed by atoms with Crippen LogP contribution in [0.15, 0.2) is 134 Å². The Bertz CT molecular complexity index is 1490. The second kappa shape index (κ2) is 44.8. The minimum atomic E-state index is -4.37. The van der Waals surface area contributed by atoms with Gasteiger partial charge < -0.3 is 19.8 Å². The first kappa shape index (κ1) is 60.6. The number of nitrogens with one attached hydrogen (secondary N) is 1. The lowest BCUT2D eigenvalue weighted by atomic mass is 10.1. The third-order valence-corrected chi connectivity index (χ3v) is 10.8. The van der Waals surface area contributed by atoms with Gasteiger partial charge in [-0.15, -0.1) is 0 Å². The summed E-state index contributed by atoms with van der Waals surface area (Å²) in [5.41, 5.74) is 0. The maximum Gasteiger partial charge on any atom is 0.472 e. The summed E-state index contributed by atoms with van der Waals surface area (Å²) in [6.45, 7) is 4.59. The van der Waals surface area contributed by atoms with Gasteiger partial charge in [-0.3, -0.25) is 13.8 Å². The summed E-state index contributed by atoms with van der Waals surface area (Å²) in [7, 11) is 1.49. The Hall–Kier alpha value is -3.36. The van der Waals surface area contributed by atoms with Crippen LogP contribution in [-0.4, -0.2) is 73.4 Å². The molecule has 0 bridgehead atoms. The van der Waals surface area contributed by atoms with E-state index in [9.17, 15) is 19.4 Å². The second-order valence-corrected chi connectivity index (χ2v) is 18.5. The fourth-order valence-corrected chi connectivity index (χ4v) is 6.73. The first-order chi connectivity index (χ1) is 31.0. The lowest BCUT2D eigenvalue weighted by Gasteiger charge is -2.25. The van der Waals surface area contributed by atoms with Gasteiger partial charge in [-0.05, 0) is 96.3 Å². The van der Waals surface area contributed by atoms with E-state index in [-0.39, 0.29) is 25.5 Å². The summed E-state index contributed by atoms with van der Waals surface area (Å²) < 4.78 is 23.5. The number of quaternary nitrogens is 1. The van der Waals surface area contributed by atoms with Gasteiger partial charge in [0.1, 0.15) is 13.2 Å². The van der Waals surface area contributed by atoms with Crippen LogP contribution in [0.3, 0.4) is 0 Å². The molecule has 0 aliphatic carbocycles. The average Bonchev–Trinajstić information content (AvgIpc) is 3.25. The van der Waals surface area contributed by atoms with Gasteiger partial charge in [-0.25, -0.2) is 4.57 Å². The van der Waals surface area contributed by atoms with E-state index in [2.05, 4.69) is 141 Å². The van der Waals surface area contributed by atoms with Gasteiger partial charge in [-0.2, -0.15) is 0 Å². The molecule has 0 aromatic rings. The molecule has 0 heterocycles. The minimum absolute atomic E-state index is 0.0370. The molecule has 0 rings (SSSR count). The van der Waals surface area contributed by atoms with Crippen molar-refractivity contribution in [2.45, 2.75) is 167 Å². The third-order valence-electron chi connectivity index (χ3n) is 9.85. The van der Waals surface area contributed by atoms with Crippen LogP contribution in [-0.2, 0) is 18.4 Å². The van der Waals surface area contributed by atoms with Crippen LogP contribution in [0.2, 0.25) is 0 Å². The average molecular weight is 908 g/mol. The zero-order chi connectivity index (χ0) is 47.1. The summed E-state index contributed by atoms with van der Waals surface area (Å²) >= 11 is 0. The van der Waals surface area contributed by atoms with Gasteiger partial charge in [0.15, 0.2) is 0 Å². The van der Waals surface area contributed by atoms with E-state index >= 15 is 0 Å². The van der Waals surface area contributed by atoms with Crippen LogP contribution in [0.25, 0.3) is 0 Å². The molecule has 3 N–H and O–H groups in total. The number of hydrogen-bond donors (Lipinski definition) is 3. The smallest absolute Gasteiger partial charge is 0.387 e. The van der Waals surface area contributed by atoms with Crippen LogP contribution in [0.1, 0.15) is 155 Å². The van der Waals surface area contributed by atoms with Crippen LogP contribution in [0.5, 0.6) is 0 Å². The number of likely N-dealkylation sites (N-methyl/N-ethyl adjacent to an activating group) is 1. The van der Waals surface area contributed by atoms with Gasteiger partial charge in [0, 0.05) is 6.42 Å². The molecule has 8 nitrogen and oxygen atoms in total. The number of hydrogen-bond acceptors (Lipinski definition) is 5. The van der Waals surface area contributed by atoms with Crippen molar-refractivity contribution < 1.29 is 32.9 Å². The predicted octanol–water partition coefficient (Wildman–Crippen LogP) is 14.4. The number of aliphatic hydroxyl groups is 1. The molecule has 3 atom stereocenters. The third kappa shape index (κ3) is 46.6. The maximum atomic E-state index is 12.9. The summed E-state index contributed by atoms with van der Waals surface area (Å²) in [5.74, 6) is -0.253. The van der Waals surface area contributed by atoms with E-state index in [0.29, 0.717) is 17.4 Å². The molecule has 0 saturated heterocycles. The van der Waals surface area contributed by atoms with Crippen LogP contribution in [0, 0.1) is 0 Å². The van der Waals surface area contributed by atoms with E-state index in [1.807, 2.05) is 27.2 Å². The number of allylic oxidation sites excluding steroid dienone is 21. The number of carbonyl (C=O) groups is 1. The highest BCUT2D eigenvalue weighted by molar-refractivity contribution is 7.47. The van der Waals surface area contributed by atoms with E-state index in [4.69, 9.17) is 9.05 Å². The number of carbonyl (C=O) groups excluding carboxylic acids is 1. The lowest BCUT2D eigenvalue weighted by Crippen LogP contribution is -2.45. The van der Waals surface area contributed by atoms with Crippen molar-refractivity contribution in [2.75, 3.05) is 40.9 Å². The van der Waals surface area contributed by atoms with Crippen LogP contribution in [0.4, 0.5) is 0 Å². The Balaban J connectivity index is 4.46. The molecule has 9 heteroatoms. The maximum absolute atomic E-state index is 12.9. The fraction of sp³-hybridized carbons (Fsp3) is 0.582. The first-order valence-electron chi connectivity index (χ1n) is 24.6. The van der Waals surface area contributed by atoms with Gasteiger partial charge >= 0.3 is 7.82 Å². The van der Waals surface area contributed by atoms with Crippen molar-refractivity contribution in [2.24, 2.45) is 0 Å². The van der Waals surface area contributed by atoms with Crippen LogP contribution >= 0.6 is 7.82 Å².